The highest BCUT2D eigenvalue weighted by molar-refractivity contribution is 9.13. The van der Waals surface area contributed by atoms with Crippen LogP contribution in [0.5, 0.6) is 11.5 Å². The fraction of sp³-hybridized carbons (Fsp3) is 0.571. The maximum Gasteiger partial charge on any atom is 0.173 e. The first kappa shape index (κ1) is 17.8. The fourth-order valence-electron chi connectivity index (χ4n) is 1.90. The Hall–Kier alpha value is -0.300. The number of ether oxygens (including phenoxy) is 1. The van der Waals surface area contributed by atoms with Crippen molar-refractivity contribution in [2.75, 3.05) is 7.11 Å². The molecule has 0 radical (unpaired) electrons. The van der Waals surface area contributed by atoms with E-state index in [9.17, 15) is 10.2 Å². The lowest BCUT2D eigenvalue weighted by molar-refractivity contribution is 0.128. The number of methoxy groups -OCH3 is 1. The van der Waals surface area contributed by atoms with E-state index in [1.54, 1.807) is 6.07 Å². The Kier molecular flexibility index (Phi) is 6.78. The average Bonchev–Trinajstić information content (AvgIpc) is 2.41. The maximum absolute atomic E-state index is 10.2. The molecule has 1 rings (SSSR count). The van der Waals surface area contributed by atoms with E-state index in [1.807, 2.05) is 0 Å². The minimum absolute atomic E-state index is 0.00648. The van der Waals surface area contributed by atoms with Gasteiger partial charge in [0.1, 0.15) is 0 Å². The third-order valence-electron chi connectivity index (χ3n) is 3.21. The number of rotatable bonds is 6. The molecule has 0 spiro atoms. The molecule has 114 valence electrons. The number of hydrogen-bond acceptors (Lipinski definition) is 4. The van der Waals surface area contributed by atoms with Crippen molar-refractivity contribution in [3.05, 3.63) is 20.6 Å². The number of halogens is 2. The molecule has 0 saturated heterocycles. The molecule has 0 fully saturated rings. The molecule has 6 heteroatoms. The average molecular weight is 411 g/mol. The molecule has 0 amide bonds. The van der Waals surface area contributed by atoms with Crippen molar-refractivity contribution in [1.82, 2.24) is 0 Å². The number of aromatic hydroxyl groups is 1. The van der Waals surface area contributed by atoms with Crippen LogP contribution in [-0.2, 0) is 0 Å². The summed E-state index contributed by atoms with van der Waals surface area (Å²) in [6, 6.07) is 1.10. The van der Waals surface area contributed by atoms with Gasteiger partial charge in [-0.05, 0) is 62.2 Å². The summed E-state index contributed by atoms with van der Waals surface area (Å²) in [7, 11) is 1.47. The van der Waals surface area contributed by atoms with Crippen molar-refractivity contribution in [2.45, 2.75) is 38.8 Å². The van der Waals surface area contributed by atoms with Crippen LogP contribution in [0.1, 0.15) is 38.3 Å². The van der Waals surface area contributed by atoms with Gasteiger partial charge in [0.2, 0.25) is 0 Å². The minimum atomic E-state index is -0.644. The zero-order valence-corrected chi connectivity index (χ0v) is 15.0. The molecule has 0 aliphatic carbocycles. The Morgan fingerprint density at radius 1 is 1.25 bits per heavy atom. The van der Waals surface area contributed by atoms with Crippen LogP contribution >= 0.6 is 31.9 Å². The third kappa shape index (κ3) is 4.10. The number of phenols is 1. The maximum atomic E-state index is 10.2. The molecule has 0 unspecified atom stereocenters. The Morgan fingerprint density at radius 2 is 1.85 bits per heavy atom. The van der Waals surface area contributed by atoms with Crippen LogP contribution in [0, 0.1) is 5.92 Å². The second-order valence-corrected chi connectivity index (χ2v) is 6.79. The zero-order chi connectivity index (χ0) is 15.4. The highest BCUT2D eigenvalue weighted by Gasteiger charge is 2.24. The van der Waals surface area contributed by atoms with Crippen molar-refractivity contribution < 1.29 is 14.9 Å². The molecule has 0 heterocycles. The number of hydrogen-bond donors (Lipinski definition) is 3. The summed E-state index contributed by atoms with van der Waals surface area (Å²) in [6.45, 7) is 4.21. The Balaban J connectivity index is 3.03. The van der Waals surface area contributed by atoms with E-state index in [1.165, 1.54) is 7.11 Å². The molecular formula is C14H21Br2NO3. The second kappa shape index (κ2) is 7.64. The molecule has 0 saturated carbocycles. The SMILES string of the molecule is COc1cc([C@H](N)[C@H](O)CCC(C)C)c(Br)c(Br)c1O. The number of phenolic OH excluding ortho intramolecular Hbond substituents is 1. The van der Waals surface area contributed by atoms with Crippen LogP contribution in [0.25, 0.3) is 0 Å². The molecule has 0 aliphatic rings. The smallest absolute Gasteiger partial charge is 0.173 e. The van der Waals surface area contributed by atoms with Crippen LogP contribution in [-0.4, -0.2) is 23.4 Å². The topological polar surface area (TPSA) is 75.7 Å². The Labute approximate surface area is 136 Å². The minimum Gasteiger partial charge on any atom is -0.503 e. The van der Waals surface area contributed by atoms with Gasteiger partial charge in [-0.25, -0.2) is 0 Å². The van der Waals surface area contributed by atoms with Crippen LogP contribution in [0.4, 0.5) is 0 Å². The van der Waals surface area contributed by atoms with E-state index in [-0.39, 0.29) is 5.75 Å². The molecule has 2 atom stereocenters. The molecule has 4 nitrogen and oxygen atoms in total. The molecular weight excluding hydrogens is 390 g/mol. The zero-order valence-electron chi connectivity index (χ0n) is 11.9. The van der Waals surface area contributed by atoms with Gasteiger partial charge in [-0.15, -0.1) is 0 Å². The number of aliphatic hydroxyl groups is 1. The van der Waals surface area contributed by atoms with Crippen molar-refractivity contribution in [3.8, 4) is 11.5 Å². The number of nitrogens with two attached hydrogens (primary N) is 1. The van der Waals surface area contributed by atoms with Crippen molar-refractivity contribution in [3.63, 3.8) is 0 Å². The summed E-state index contributed by atoms with van der Waals surface area (Å²) in [4.78, 5) is 0. The van der Waals surface area contributed by atoms with E-state index in [2.05, 4.69) is 45.7 Å². The molecule has 1 aromatic rings. The van der Waals surface area contributed by atoms with Gasteiger partial charge < -0.3 is 20.7 Å². The van der Waals surface area contributed by atoms with E-state index in [4.69, 9.17) is 10.5 Å². The summed E-state index contributed by atoms with van der Waals surface area (Å²) in [5, 5.41) is 20.1. The van der Waals surface area contributed by atoms with Gasteiger partial charge in [0.25, 0.3) is 0 Å². The van der Waals surface area contributed by atoms with Crippen LogP contribution in [0.2, 0.25) is 0 Å². The Morgan fingerprint density at radius 3 is 2.35 bits per heavy atom. The monoisotopic (exact) mass is 409 g/mol. The molecule has 1 aromatic carbocycles. The lowest BCUT2D eigenvalue weighted by Gasteiger charge is -2.22. The van der Waals surface area contributed by atoms with E-state index in [0.29, 0.717) is 32.6 Å². The first-order valence-corrected chi connectivity index (χ1v) is 8.06. The lowest BCUT2D eigenvalue weighted by Crippen LogP contribution is -2.27. The molecule has 0 bridgehead atoms. The summed E-state index contributed by atoms with van der Waals surface area (Å²) in [5.41, 5.74) is 6.83. The standard InChI is InChI=1S/C14H21Br2NO3/c1-7(2)4-5-9(18)13(17)8-6-10(20-3)14(19)12(16)11(8)15/h6-7,9,13,18-19H,4-5,17H2,1-3H3/t9-,13+/m1/s1. The highest BCUT2D eigenvalue weighted by Crippen LogP contribution is 2.43. The normalized spacial score (nSPS) is 14.4. The van der Waals surface area contributed by atoms with Gasteiger partial charge >= 0.3 is 0 Å². The Bertz CT molecular complexity index is 466. The third-order valence-corrected chi connectivity index (χ3v) is 5.37. The van der Waals surface area contributed by atoms with Gasteiger partial charge in [-0.1, -0.05) is 13.8 Å². The second-order valence-electron chi connectivity index (χ2n) is 5.21. The molecule has 20 heavy (non-hydrogen) atoms. The van der Waals surface area contributed by atoms with Crippen LogP contribution in [0.15, 0.2) is 15.0 Å². The van der Waals surface area contributed by atoms with Crippen molar-refractivity contribution in [1.29, 1.82) is 0 Å². The van der Waals surface area contributed by atoms with E-state index >= 15 is 0 Å². The van der Waals surface area contributed by atoms with Crippen LogP contribution in [0.3, 0.4) is 0 Å². The van der Waals surface area contributed by atoms with Gasteiger partial charge in [-0.3, -0.25) is 0 Å². The summed E-state index contributed by atoms with van der Waals surface area (Å²) < 4.78 is 6.21. The summed E-state index contributed by atoms with van der Waals surface area (Å²) in [5.74, 6) is 0.843. The van der Waals surface area contributed by atoms with Gasteiger partial charge in [-0.2, -0.15) is 0 Å². The van der Waals surface area contributed by atoms with Crippen molar-refractivity contribution >= 4 is 31.9 Å². The number of aliphatic hydroxyl groups excluding tert-OH is 1. The van der Waals surface area contributed by atoms with E-state index < -0.39 is 12.1 Å². The lowest BCUT2D eigenvalue weighted by atomic mass is 9.96. The highest BCUT2D eigenvalue weighted by atomic mass is 79.9. The van der Waals surface area contributed by atoms with Gasteiger partial charge in [0.05, 0.1) is 23.7 Å². The quantitative estimate of drug-likeness (QED) is 0.667. The molecule has 4 N–H and O–H groups in total. The van der Waals surface area contributed by atoms with Crippen molar-refractivity contribution in [2.24, 2.45) is 11.7 Å². The van der Waals surface area contributed by atoms with Gasteiger partial charge in [0, 0.05) is 4.47 Å². The first-order chi connectivity index (χ1) is 9.29. The fourth-order valence-corrected chi connectivity index (χ4v) is 2.89. The van der Waals surface area contributed by atoms with E-state index in [0.717, 1.165) is 6.42 Å². The summed E-state index contributed by atoms with van der Waals surface area (Å²) >= 11 is 6.68. The first-order valence-electron chi connectivity index (χ1n) is 6.48. The predicted octanol–water partition coefficient (Wildman–Crippen LogP) is 3.72. The molecule has 0 aliphatic heterocycles. The largest absolute Gasteiger partial charge is 0.503 e. The summed E-state index contributed by atoms with van der Waals surface area (Å²) in [6.07, 6.45) is 0.893. The molecule has 0 aromatic heterocycles. The predicted molar refractivity (Wildman–Crippen MR) is 87.1 cm³/mol. The van der Waals surface area contributed by atoms with Crippen LogP contribution < -0.4 is 10.5 Å². The van der Waals surface area contributed by atoms with Gasteiger partial charge in [0.15, 0.2) is 11.5 Å². The number of benzene rings is 1.